The van der Waals surface area contributed by atoms with Crippen molar-refractivity contribution in [1.82, 2.24) is 0 Å². The topological polar surface area (TPSA) is 22.4 Å². The smallest absolute Gasteiger partial charge is 0.416 e. The molecule has 0 aliphatic rings. The van der Waals surface area contributed by atoms with Crippen LogP contribution in [0.5, 0.6) is 5.75 Å². The van der Waals surface area contributed by atoms with Crippen LogP contribution < -0.4 is 4.74 Å². The number of furan rings is 1. The van der Waals surface area contributed by atoms with Crippen LogP contribution in [0.1, 0.15) is 5.56 Å². The number of alkyl halides is 4. The van der Waals surface area contributed by atoms with Crippen molar-refractivity contribution in [3.8, 4) is 17.1 Å². The second kappa shape index (κ2) is 6.16. The minimum Gasteiger partial charge on any atom is -0.492 e. The van der Waals surface area contributed by atoms with Crippen LogP contribution in [0.15, 0.2) is 52.9 Å². The van der Waals surface area contributed by atoms with E-state index in [9.17, 15) is 13.2 Å². The van der Waals surface area contributed by atoms with Crippen molar-refractivity contribution in [1.29, 1.82) is 0 Å². The monoisotopic (exact) mass is 340 g/mol. The van der Waals surface area contributed by atoms with Gasteiger partial charge in [0, 0.05) is 10.9 Å². The Morgan fingerprint density at radius 2 is 1.74 bits per heavy atom. The van der Waals surface area contributed by atoms with Crippen molar-refractivity contribution in [3.05, 3.63) is 54.1 Å². The first-order valence-corrected chi connectivity index (χ1v) is 7.41. The zero-order chi connectivity index (χ0) is 16.4. The molecular weight excluding hydrogens is 329 g/mol. The molecule has 0 atom stereocenters. The normalized spacial score (nSPS) is 11.8. The first-order valence-electron chi connectivity index (χ1n) is 6.87. The molecule has 120 valence electrons. The Morgan fingerprint density at radius 3 is 2.39 bits per heavy atom. The summed E-state index contributed by atoms with van der Waals surface area (Å²) in [5, 5.41) is 0.414. The zero-order valence-corrected chi connectivity index (χ0v) is 12.6. The number of benzene rings is 2. The summed E-state index contributed by atoms with van der Waals surface area (Å²) in [7, 11) is 0. The SMILES string of the molecule is FC(F)(F)c1ccc2oc(-c3ccc(OCCCl)cc3)cc2c1. The highest BCUT2D eigenvalue weighted by atomic mass is 35.5. The zero-order valence-electron chi connectivity index (χ0n) is 11.9. The van der Waals surface area contributed by atoms with E-state index in [1.165, 1.54) is 6.07 Å². The average Bonchev–Trinajstić information content (AvgIpc) is 2.95. The fraction of sp³-hybridized carbons (Fsp3) is 0.176. The third kappa shape index (κ3) is 3.45. The molecule has 0 aliphatic heterocycles. The largest absolute Gasteiger partial charge is 0.492 e. The van der Waals surface area contributed by atoms with Crippen molar-refractivity contribution in [3.63, 3.8) is 0 Å². The minimum absolute atomic E-state index is 0.396. The van der Waals surface area contributed by atoms with Crippen LogP contribution in [0.25, 0.3) is 22.3 Å². The van der Waals surface area contributed by atoms with E-state index in [1.54, 1.807) is 30.3 Å². The number of ether oxygens (including phenoxy) is 1. The van der Waals surface area contributed by atoms with Gasteiger partial charge in [0.1, 0.15) is 23.7 Å². The number of hydrogen-bond donors (Lipinski definition) is 0. The Hall–Kier alpha value is -2.14. The van der Waals surface area contributed by atoms with Crippen LogP contribution in [0.3, 0.4) is 0 Å². The molecule has 6 heteroatoms. The lowest BCUT2D eigenvalue weighted by Gasteiger charge is -2.04. The van der Waals surface area contributed by atoms with E-state index in [0.717, 1.165) is 17.7 Å². The Labute approximate surface area is 135 Å². The molecule has 0 aliphatic carbocycles. The molecule has 0 unspecified atom stereocenters. The predicted octanol–water partition coefficient (Wildman–Crippen LogP) is 5.74. The molecule has 0 spiro atoms. The van der Waals surface area contributed by atoms with Crippen molar-refractivity contribution in [2.45, 2.75) is 6.18 Å². The summed E-state index contributed by atoms with van der Waals surface area (Å²) in [6.07, 6.45) is -4.37. The number of fused-ring (bicyclic) bond motifs is 1. The summed E-state index contributed by atoms with van der Waals surface area (Å²) in [6, 6.07) is 12.1. The van der Waals surface area contributed by atoms with Gasteiger partial charge < -0.3 is 9.15 Å². The lowest BCUT2D eigenvalue weighted by atomic mass is 10.1. The van der Waals surface area contributed by atoms with E-state index < -0.39 is 11.7 Å². The lowest BCUT2D eigenvalue weighted by molar-refractivity contribution is -0.137. The maximum atomic E-state index is 12.7. The van der Waals surface area contributed by atoms with Gasteiger partial charge in [0.2, 0.25) is 0 Å². The first-order chi connectivity index (χ1) is 11.0. The molecule has 3 aromatic rings. The number of rotatable bonds is 4. The van der Waals surface area contributed by atoms with Crippen LogP contribution in [-0.4, -0.2) is 12.5 Å². The van der Waals surface area contributed by atoms with E-state index in [4.69, 9.17) is 20.8 Å². The molecule has 0 fully saturated rings. The van der Waals surface area contributed by atoms with E-state index in [0.29, 0.717) is 35.0 Å². The fourth-order valence-corrected chi connectivity index (χ4v) is 2.31. The summed E-state index contributed by atoms with van der Waals surface area (Å²) < 4.78 is 49.2. The van der Waals surface area contributed by atoms with Gasteiger partial charge in [0.05, 0.1) is 11.4 Å². The lowest BCUT2D eigenvalue weighted by Crippen LogP contribution is -2.03. The highest BCUT2D eigenvalue weighted by molar-refractivity contribution is 6.18. The van der Waals surface area contributed by atoms with Crippen molar-refractivity contribution in [2.75, 3.05) is 12.5 Å². The summed E-state index contributed by atoms with van der Waals surface area (Å²) in [5.74, 6) is 1.57. The van der Waals surface area contributed by atoms with Gasteiger partial charge >= 0.3 is 6.18 Å². The summed E-state index contributed by atoms with van der Waals surface area (Å²) in [5.41, 5.74) is 0.477. The molecule has 0 amide bonds. The second-order valence-electron chi connectivity index (χ2n) is 4.92. The molecule has 0 radical (unpaired) electrons. The van der Waals surface area contributed by atoms with Crippen LogP contribution >= 0.6 is 11.6 Å². The minimum atomic E-state index is -4.37. The molecule has 3 rings (SSSR count). The Kier molecular flexibility index (Phi) is 4.22. The molecule has 1 aromatic heterocycles. The fourth-order valence-electron chi connectivity index (χ4n) is 2.23. The van der Waals surface area contributed by atoms with E-state index in [-0.39, 0.29) is 0 Å². The molecule has 1 heterocycles. The quantitative estimate of drug-likeness (QED) is 0.565. The molecule has 2 aromatic carbocycles. The van der Waals surface area contributed by atoms with Gasteiger partial charge in [0.25, 0.3) is 0 Å². The number of hydrogen-bond acceptors (Lipinski definition) is 2. The third-order valence-corrected chi connectivity index (χ3v) is 3.48. The van der Waals surface area contributed by atoms with Gasteiger partial charge in [-0.2, -0.15) is 13.2 Å². The van der Waals surface area contributed by atoms with Crippen molar-refractivity contribution < 1.29 is 22.3 Å². The standard InChI is InChI=1S/C17H12ClF3O2/c18-7-8-22-14-4-1-11(2-5-14)16-10-12-9-13(17(19,20)21)3-6-15(12)23-16/h1-6,9-10H,7-8H2. The van der Waals surface area contributed by atoms with Crippen molar-refractivity contribution in [2.24, 2.45) is 0 Å². The van der Waals surface area contributed by atoms with Gasteiger partial charge in [-0.3, -0.25) is 0 Å². The first kappa shape index (κ1) is 15.7. The molecule has 0 N–H and O–H groups in total. The summed E-state index contributed by atoms with van der Waals surface area (Å²) >= 11 is 5.55. The summed E-state index contributed by atoms with van der Waals surface area (Å²) in [4.78, 5) is 0. The van der Waals surface area contributed by atoms with Crippen LogP contribution in [0, 0.1) is 0 Å². The molecule has 0 saturated heterocycles. The molecule has 0 saturated carbocycles. The van der Waals surface area contributed by atoms with Gasteiger partial charge in [-0.15, -0.1) is 11.6 Å². The molecule has 23 heavy (non-hydrogen) atoms. The van der Waals surface area contributed by atoms with E-state index in [1.807, 2.05) is 0 Å². The van der Waals surface area contributed by atoms with Crippen molar-refractivity contribution >= 4 is 22.6 Å². The second-order valence-corrected chi connectivity index (χ2v) is 5.30. The highest BCUT2D eigenvalue weighted by Crippen LogP contribution is 2.34. The van der Waals surface area contributed by atoms with Gasteiger partial charge in [-0.05, 0) is 48.5 Å². The predicted molar refractivity (Wildman–Crippen MR) is 82.9 cm³/mol. The maximum Gasteiger partial charge on any atom is 0.416 e. The van der Waals surface area contributed by atoms with Crippen LogP contribution in [0.4, 0.5) is 13.2 Å². The Balaban J connectivity index is 1.91. The Morgan fingerprint density at radius 1 is 1.00 bits per heavy atom. The molecule has 0 bridgehead atoms. The number of halogens is 4. The van der Waals surface area contributed by atoms with Gasteiger partial charge in [0.15, 0.2) is 0 Å². The highest BCUT2D eigenvalue weighted by Gasteiger charge is 2.30. The van der Waals surface area contributed by atoms with Gasteiger partial charge in [-0.1, -0.05) is 0 Å². The van der Waals surface area contributed by atoms with E-state index in [2.05, 4.69) is 0 Å². The maximum absolute atomic E-state index is 12.7. The molecular formula is C17H12ClF3O2. The van der Waals surface area contributed by atoms with Crippen LogP contribution in [-0.2, 0) is 6.18 Å². The average molecular weight is 341 g/mol. The summed E-state index contributed by atoms with van der Waals surface area (Å²) in [6.45, 7) is 0.408. The van der Waals surface area contributed by atoms with Gasteiger partial charge in [-0.25, -0.2) is 0 Å². The Bertz CT molecular complexity index is 807. The molecule has 2 nitrogen and oxygen atoms in total. The van der Waals surface area contributed by atoms with Crippen LogP contribution in [0.2, 0.25) is 0 Å². The van der Waals surface area contributed by atoms with E-state index >= 15 is 0 Å². The third-order valence-electron chi connectivity index (χ3n) is 3.33.